The molecule has 1 N–H and O–H groups in total. The van der Waals surface area contributed by atoms with Gasteiger partial charge in [-0.15, -0.1) is 0 Å². The van der Waals surface area contributed by atoms with Gasteiger partial charge in [0.25, 0.3) is 0 Å². The van der Waals surface area contributed by atoms with Crippen LogP contribution in [0.2, 0.25) is 0 Å². The monoisotopic (exact) mass is 291 g/mol. The number of nitrogens with one attached hydrogen (secondary N) is 1. The van der Waals surface area contributed by atoms with Crippen molar-refractivity contribution in [2.75, 3.05) is 14.2 Å². The predicted octanol–water partition coefficient (Wildman–Crippen LogP) is 2.97. The molecule has 1 fully saturated rings. The minimum atomic E-state index is -0.394. The van der Waals surface area contributed by atoms with Crippen LogP contribution in [0.3, 0.4) is 0 Å². The number of hydrogen-bond acceptors (Lipinski definition) is 4. The van der Waals surface area contributed by atoms with Crippen LogP contribution in [-0.2, 0) is 20.9 Å². The highest BCUT2D eigenvalue weighted by atomic mass is 16.5. The van der Waals surface area contributed by atoms with Gasteiger partial charge in [0.15, 0.2) is 0 Å². The lowest BCUT2D eigenvalue weighted by Gasteiger charge is -2.27. The molecule has 2 rings (SSSR count). The fraction of sp³-hybridized carbons (Fsp3) is 0.588. The van der Waals surface area contributed by atoms with E-state index in [4.69, 9.17) is 9.47 Å². The number of rotatable bonds is 6. The van der Waals surface area contributed by atoms with E-state index >= 15 is 0 Å². The fourth-order valence-electron chi connectivity index (χ4n) is 2.95. The maximum atomic E-state index is 12.1. The molecule has 1 saturated carbocycles. The zero-order valence-electron chi connectivity index (χ0n) is 12.9. The molecule has 1 unspecified atom stereocenters. The zero-order valence-corrected chi connectivity index (χ0v) is 12.9. The van der Waals surface area contributed by atoms with Gasteiger partial charge >= 0.3 is 5.97 Å². The molecule has 1 atom stereocenters. The second-order valence-electron chi connectivity index (χ2n) is 5.64. The third-order valence-corrected chi connectivity index (χ3v) is 4.04. The predicted molar refractivity (Wildman–Crippen MR) is 81.9 cm³/mol. The SMILES string of the molecule is COCc1cccc(C(NC2CCCCC2)C(=O)OC)c1. The largest absolute Gasteiger partial charge is 0.468 e. The molecule has 0 saturated heterocycles. The number of esters is 1. The van der Waals surface area contributed by atoms with Crippen LogP contribution < -0.4 is 5.32 Å². The summed E-state index contributed by atoms with van der Waals surface area (Å²) in [6.45, 7) is 0.547. The molecule has 0 bridgehead atoms. The highest BCUT2D eigenvalue weighted by Gasteiger charge is 2.25. The minimum absolute atomic E-state index is 0.227. The molecule has 116 valence electrons. The van der Waals surface area contributed by atoms with E-state index in [1.807, 2.05) is 24.3 Å². The van der Waals surface area contributed by atoms with Crippen molar-refractivity contribution in [2.24, 2.45) is 0 Å². The van der Waals surface area contributed by atoms with Crippen LogP contribution in [-0.4, -0.2) is 26.2 Å². The highest BCUT2D eigenvalue weighted by Crippen LogP contribution is 2.23. The average Bonchev–Trinajstić information content (AvgIpc) is 2.53. The van der Waals surface area contributed by atoms with Gasteiger partial charge in [-0.05, 0) is 24.0 Å². The van der Waals surface area contributed by atoms with Gasteiger partial charge in [-0.3, -0.25) is 5.32 Å². The molecule has 0 aromatic heterocycles. The molecule has 1 aromatic rings. The molecule has 1 aliphatic rings. The van der Waals surface area contributed by atoms with Crippen molar-refractivity contribution in [1.82, 2.24) is 5.32 Å². The summed E-state index contributed by atoms with van der Waals surface area (Å²) < 4.78 is 10.1. The Hall–Kier alpha value is -1.39. The standard InChI is InChI=1S/C17H25NO3/c1-20-12-13-7-6-8-14(11-13)16(17(19)21-2)18-15-9-4-3-5-10-15/h6-8,11,15-16,18H,3-5,9-10,12H2,1-2H3. The van der Waals surface area contributed by atoms with E-state index in [1.165, 1.54) is 26.4 Å². The normalized spacial score (nSPS) is 17.4. The van der Waals surface area contributed by atoms with E-state index in [0.29, 0.717) is 12.6 Å². The molecule has 0 aliphatic heterocycles. The van der Waals surface area contributed by atoms with Gasteiger partial charge in [0, 0.05) is 13.2 Å². The first-order chi connectivity index (χ1) is 10.2. The Balaban J connectivity index is 2.14. The molecule has 0 spiro atoms. The van der Waals surface area contributed by atoms with Gasteiger partial charge in [0.2, 0.25) is 0 Å². The molecule has 1 aliphatic carbocycles. The fourth-order valence-corrected chi connectivity index (χ4v) is 2.95. The Morgan fingerprint density at radius 1 is 1.29 bits per heavy atom. The van der Waals surface area contributed by atoms with E-state index in [1.54, 1.807) is 7.11 Å². The first-order valence-corrected chi connectivity index (χ1v) is 7.66. The molecule has 4 nitrogen and oxygen atoms in total. The Labute approximate surface area is 126 Å². The molecule has 21 heavy (non-hydrogen) atoms. The van der Waals surface area contributed by atoms with Crippen LogP contribution in [0, 0.1) is 0 Å². The van der Waals surface area contributed by atoms with Crippen molar-refractivity contribution in [3.8, 4) is 0 Å². The van der Waals surface area contributed by atoms with Crippen molar-refractivity contribution < 1.29 is 14.3 Å². The molecule has 1 aromatic carbocycles. The van der Waals surface area contributed by atoms with Gasteiger partial charge in [-0.25, -0.2) is 4.79 Å². The van der Waals surface area contributed by atoms with Gasteiger partial charge in [-0.2, -0.15) is 0 Å². The summed E-state index contributed by atoms with van der Waals surface area (Å²) >= 11 is 0. The lowest BCUT2D eigenvalue weighted by molar-refractivity contribution is -0.143. The molecular weight excluding hydrogens is 266 g/mol. The van der Waals surface area contributed by atoms with Crippen molar-refractivity contribution in [3.05, 3.63) is 35.4 Å². The summed E-state index contributed by atoms with van der Waals surface area (Å²) in [6.07, 6.45) is 6.02. The number of methoxy groups -OCH3 is 2. The summed E-state index contributed by atoms with van der Waals surface area (Å²) in [5.74, 6) is -0.227. The average molecular weight is 291 g/mol. The van der Waals surface area contributed by atoms with Gasteiger partial charge in [0.05, 0.1) is 13.7 Å². The third kappa shape index (κ3) is 4.55. The third-order valence-electron chi connectivity index (χ3n) is 4.04. The molecule has 0 radical (unpaired) electrons. The summed E-state index contributed by atoms with van der Waals surface area (Å²) in [4.78, 5) is 12.1. The van der Waals surface area contributed by atoms with Crippen molar-refractivity contribution >= 4 is 5.97 Å². The molecular formula is C17H25NO3. The van der Waals surface area contributed by atoms with Gasteiger partial charge < -0.3 is 9.47 Å². The quantitative estimate of drug-likeness (QED) is 0.819. The summed E-state index contributed by atoms with van der Waals surface area (Å²) in [7, 11) is 3.11. The number of ether oxygens (including phenoxy) is 2. The van der Waals surface area contributed by atoms with Crippen LogP contribution in [0.1, 0.15) is 49.3 Å². The second kappa shape index (κ2) is 8.15. The molecule has 0 heterocycles. The maximum absolute atomic E-state index is 12.1. The van der Waals surface area contributed by atoms with Gasteiger partial charge in [-0.1, -0.05) is 43.5 Å². The smallest absolute Gasteiger partial charge is 0.327 e. The Morgan fingerprint density at radius 3 is 2.71 bits per heavy atom. The van der Waals surface area contributed by atoms with Crippen LogP contribution >= 0.6 is 0 Å². The minimum Gasteiger partial charge on any atom is -0.468 e. The van der Waals surface area contributed by atoms with Crippen LogP contribution in [0.5, 0.6) is 0 Å². The van der Waals surface area contributed by atoms with Crippen molar-refractivity contribution in [2.45, 2.75) is 50.8 Å². The van der Waals surface area contributed by atoms with Gasteiger partial charge in [0.1, 0.15) is 6.04 Å². The van der Waals surface area contributed by atoms with Crippen LogP contribution in [0.25, 0.3) is 0 Å². The number of hydrogen-bond donors (Lipinski definition) is 1. The maximum Gasteiger partial charge on any atom is 0.327 e. The Morgan fingerprint density at radius 2 is 2.05 bits per heavy atom. The summed E-state index contributed by atoms with van der Waals surface area (Å²) in [5.41, 5.74) is 2.01. The summed E-state index contributed by atoms with van der Waals surface area (Å²) in [5, 5.41) is 3.48. The van der Waals surface area contributed by atoms with E-state index in [-0.39, 0.29) is 5.97 Å². The molecule has 0 amide bonds. The lowest BCUT2D eigenvalue weighted by Crippen LogP contribution is -2.38. The van der Waals surface area contributed by atoms with E-state index in [0.717, 1.165) is 24.0 Å². The van der Waals surface area contributed by atoms with Crippen LogP contribution in [0.4, 0.5) is 0 Å². The zero-order chi connectivity index (χ0) is 15.1. The number of carbonyl (C=O) groups is 1. The highest BCUT2D eigenvalue weighted by molar-refractivity contribution is 5.77. The Kier molecular flexibility index (Phi) is 6.21. The topological polar surface area (TPSA) is 47.6 Å². The molecule has 4 heteroatoms. The Bertz CT molecular complexity index is 455. The summed E-state index contributed by atoms with van der Waals surface area (Å²) in [6, 6.07) is 7.95. The van der Waals surface area contributed by atoms with Crippen molar-refractivity contribution in [3.63, 3.8) is 0 Å². The van der Waals surface area contributed by atoms with Crippen LogP contribution in [0.15, 0.2) is 24.3 Å². The van der Waals surface area contributed by atoms with E-state index in [9.17, 15) is 4.79 Å². The first-order valence-electron chi connectivity index (χ1n) is 7.66. The first kappa shape index (κ1) is 16.0. The second-order valence-corrected chi connectivity index (χ2v) is 5.64. The van der Waals surface area contributed by atoms with Crippen molar-refractivity contribution in [1.29, 1.82) is 0 Å². The number of carbonyl (C=O) groups excluding carboxylic acids is 1. The van der Waals surface area contributed by atoms with E-state index < -0.39 is 6.04 Å². The lowest BCUT2D eigenvalue weighted by atomic mass is 9.93. The van der Waals surface area contributed by atoms with E-state index in [2.05, 4.69) is 5.32 Å². The number of benzene rings is 1.